The Morgan fingerprint density at radius 1 is 1.22 bits per heavy atom. The van der Waals surface area contributed by atoms with E-state index in [0.29, 0.717) is 12.1 Å². The van der Waals surface area contributed by atoms with E-state index >= 15 is 0 Å². The summed E-state index contributed by atoms with van der Waals surface area (Å²) in [5, 5.41) is 10.9. The van der Waals surface area contributed by atoms with Crippen molar-refractivity contribution in [3.8, 4) is 0 Å². The number of anilines is 1. The number of benzene rings is 2. The number of nitrogen functional groups attached to an aromatic ring is 1. The van der Waals surface area contributed by atoms with Gasteiger partial charge in [0.25, 0.3) is 5.69 Å². The first-order valence-corrected chi connectivity index (χ1v) is 5.72. The maximum Gasteiger partial charge on any atom is 0.288 e. The lowest BCUT2D eigenvalue weighted by Crippen LogP contribution is -1.96. The monoisotopic (exact) mass is 262 g/mol. The molecule has 0 bridgehead atoms. The highest BCUT2D eigenvalue weighted by atomic mass is 35.5. The van der Waals surface area contributed by atoms with E-state index in [0.717, 1.165) is 11.1 Å². The van der Waals surface area contributed by atoms with E-state index < -0.39 is 4.92 Å². The predicted octanol–water partition coefficient (Wildman–Crippen LogP) is 3.42. The number of halogens is 1. The highest BCUT2D eigenvalue weighted by Crippen LogP contribution is 2.26. The summed E-state index contributed by atoms with van der Waals surface area (Å²) in [4.78, 5) is 10.3. The standard InChI is InChI=1S/C13H11ClN2O2/c14-11-6-5-9(8-13(11)16(17)18)7-10-3-1-2-4-12(10)15/h1-6,8H,7,15H2. The van der Waals surface area contributed by atoms with Crippen LogP contribution < -0.4 is 5.73 Å². The number of nitrogens with zero attached hydrogens (tertiary/aromatic N) is 1. The van der Waals surface area contributed by atoms with Crippen LogP contribution in [-0.2, 0) is 6.42 Å². The molecule has 0 atom stereocenters. The molecule has 2 rings (SSSR count). The molecule has 0 fully saturated rings. The van der Waals surface area contributed by atoms with Gasteiger partial charge in [-0.25, -0.2) is 0 Å². The number of para-hydroxylation sites is 1. The van der Waals surface area contributed by atoms with Gasteiger partial charge >= 0.3 is 0 Å². The maximum absolute atomic E-state index is 10.8. The third-order valence-corrected chi connectivity index (χ3v) is 2.98. The van der Waals surface area contributed by atoms with Gasteiger partial charge in [-0.3, -0.25) is 10.1 Å². The molecule has 18 heavy (non-hydrogen) atoms. The lowest BCUT2D eigenvalue weighted by molar-refractivity contribution is -0.384. The predicted molar refractivity (Wildman–Crippen MR) is 71.8 cm³/mol. The fourth-order valence-electron chi connectivity index (χ4n) is 1.72. The van der Waals surface area contributed by atoms with Crippen LogP contribution in [0.25, 0.3) is 0 Å². The van der Waals surface area contributed by atoms with Crippen molar-refractivity contribution < 1.29 is 4.92 Å². The first-order valence-electron chi connectivity index (χ1n) is 5.34. The summed E-state index contributed by atoms with van der Waals surface area (Å²) in [6.45, 7) is 0. The van der Waals surface area contributed by atoms with Crippen LogP contribution in [0.4, 0.5) is 11.4 Å². The second kappa shape index (κ2) is 5.06. The molecule has 0 heterocycles. The van der Waals surface area contributed by atoms with Crippen molar-refractivity contribution in [2.75, 3.05) is 5.73 Å². The van der Waals surface area contributed by atoms with Gasteiger partial charge < -0.3 is 5.73 Å². The largest absolute Gasteiger partial charge is 0.398 e. The molecule has 0 unspecified atom stereocenters. The first kappa shape index (κ1) is 12.4. The molecule has 0 amide bonds. The Balaban J connectivity index is 2.33. The molecule has 0 aromatic heterocycles. The van der Waals surface area contributed by atoms with E-state index in [-0.39, 0.29) is 10.7 Å². The van der Waals surface area contributed by atoms with Gasteiger partial charge in [0.05, 0.1) is 4.92 Å². The molecule has 0 aliphatic rings. The van der Waals surface area contributed by atoms with Crippen LogP contribution >= 0.6 is 11.6 Å². The topological polar surface area (TPSA) is 69.2 Å². The zero-order valence-electron chi connectivity index (χ0n) is 9.47. The molecule has 4 nitrogen and oxygen atoms in total. The van der Waals surface area contributed by atoms with Crippen molar-refractivity contribution in [2.24, 2.45) is 0 Å². The number of nitrogens with two attached hydrogens (primary N) is 1. The number of nitro groups is 1. The fourth-order valence-corrected chi connectivity index (χ4v) is 1.91. The van der Waals surface area contributed by atoms with Crippen LogP contribution in [-0.4, -0.2) is 4.92 Å². The lowest BCUT2D eigenvalue weighted by atomic mass is 10.0. The quantitative estimate of drug-likeness (QED) is 0.523. The second-order valence-electron chi connectivity index (χ2n) is 3.92. The number of hydrogen-bond donors (Lipinski definition) is 1. The molecule has 5 heteroatoms. The first-order chi connectivity index (χ1) is 8.58. The molecule has 0 saturated heterocycles. The number of nitro benzene ring substituents is 1. The van der Waals surface area contributed by atoms with Crippen LogP contribution in [0.3, 0.4) is 0 Å². The molecule has 0 radical (unpaired) electrons. The summed E-state index contributed by atoms with van der Waals surface area (Å²) in [7, 11) is 0. The van der Waals surface area contributed by atoms with Crippen molar-refractivity contribution in [1.82, 2.24) is 0 Å². The molecule has 0 spiro atoms. The number of hydrogen-bond acceptors (Lipinski definition) is 3. The normalized spacial score (nSPS) is 10.3. The minimum Gasteiger partial charge on any atom is -0.398 e. The summed E-state index contributed by atoms with van der Waals surface area (Å²) in [5.41, 5.74) is 8.18. The second-order valence-corrected chi connectivity index (χ2v) is 4.33. The van der Waals surface area contributed by atoms with E-state index in [2.05, 4.69) is 0 Å². The molecule has 2 aromatic carbocycles. The van der Waals surface area contributed by atoms with Gasteiger partial charge in [-0.05, 0) is 29.7 Å². The average molecular weight is 263 g/mol. The Bertz CT molecular complexity index is 599. The molecule has 0 saturated carbocycles. The number of rotatable bonds is 3. The highest BCUT2D eigenvalue weighted by molar-refractivity contribution is 6.32. The van der Waals surface area contributed by atoms with E-state index in [1.807, 2.05) is 18.2 Å². The molecule has 2 aromatic rings. The van der Waals surface area contributed by atoms with Crippen LogP contribution in [0.2, 0.25) is 5.02 Å². The van der Waals surface area contributed by atoms with Gasteiger partial charge in [-0.1, -0.05) is 35.9 Å². The minimum absolute atomic E-state index is 0.0799. The van der Waals surface area contributed by atoms with Crippen molar-refractivity contribution >= 4 is 23.0 Å². The Morgan fingerprint density at radius 3 is 2.61 bits per heavy atom. The van der Waals surface area contributed by atoms with Crippen molar-refractivity contribution in [1.29, 1.82) is 0 Å². The smallest absolute Gasteiger partial charge is 0.288 e. The molecule has 2 N–H and O–H groups in total. The molecule has 0 aliphatic carbocycles. The Hall–Kier alpha value is -2.07. The Morgan fingerprint density at radius 2 is 1.94 bits per heavy atom. The molecule has 92 valence electrons. The highest BCUT2D eigenvalue weighted by Gasteiger charge is 2.13. The molecular formula is C13H11ClN2O2. The van der Waals surface area contributed by atoms with E-state index in [4.69, 9.17) is 17.3 Å². The maximum atomic E-state index is 10.8. The summed E-state index contributed by atoms with van der Waals surface area (Å²) in [6.07, 6.45) is 0.546. The summed E-state index contributed by atoms with van der Waals surface area (Å²) >= 11 is 5.76. The van der Waals surface area contributed by atoms with Gasteiger partial charge in [0.1, 0.15) is 5.02 Å². The van der Waals surface area contributed by atoms with Crippen LogP contribution in [0.15, 0.2) is 42.5 Å². The minimum atomic E-state index is -0.486. The van der Waals surface area contributed by atoms with E-state index in [9.17, 15) is 10.1 Å². The summed E-state index contributed by atoms with van der Waals surface area (Å²) in [6, 6.07) is 12.2. The van der Waals surface area contributed by atoms with Gasteiger partial charge in [0.2, 0.25) is 0 Å². The van der Waals surface area contributed by atoms with Gasteiger partial charge in [-0.2, -0.15) is 0 Å². The van der Waals surface area contributed by atoms with Gasteiger partial charge in [0.15, 0.2) is 0 Å². The van der Waals surface area contributed by atoms with Gasteiger partial charge in [0, 0.05) is 11.8 Å². The SMILES string of the molecule is Nc1ccccc1Cc1ccc(Cl)c([N+](=O)[O-])c1. The van der Waals surface area contributed by atoms with Crippen LogP contribution in [0.5, 0.6) is 0 Å². The van der Waals surface area contributed by atoms with Crippen LogP contribution in [0.1, 0.15) is 11.1 Å². The Kier molecular flexibility index (Phi) is 3.48. The lowest BCUT2D eigenvalue weighted by Gasteiger charge is -2.05. The third kappa shape index (κ3) is 2.60. The zero-order chi connectivity index (χ0) is 13.1. The van der Waals surface area contributed by atoms with Crippen molar-refractivity contribution in [3.63, 3.8) is 0 Å². The Labute approximate surface area is 109 Å². The summed E-state index contributed by atoms with van der Waals surface area (Å²) in [5.74, 6) is 0. The molecule has 0 aliphatic heterocycles. The fraction of sp³-hybridized carbons (Fsp3) is 0.0769. The average Bonchev–Trinajstić information content (AvgIpc) is 2.34. The van der Waals surface area contributed by atoms with E-state index in [1.165, 1.54) is 12.1 Å². The molecular weight excluding hydrogens is 252 g/mol. The van der Waals surface area contributed by atoms with Crippen LogP contribution in [0, 0.1) is 10.1 Å². The van der Waals surface area contributed by atoms with Crippen molar-refractivity contribution in [2.45, 2.75) is 6.42 Å². The van der Waals surface area contributed by atoms with E-state index in [1.54, 1.807) is 12.1 Å². The summed E-state index contributed by atoms with van der Waals surface area (Å²) < 4.78 is 0. The van der Waals surface area contributed by atoms with Gasteiger partial charge in [-0.15, -0.1) is 0 Å². The zero-order valence-corrected chi connectivity index (χ0v) is 10.2. The third-order valence-electron chi connectivity index (χ3n) is 2.66. The van der Waals surface area contributed by atoms with Crippen molar-refractivity contribution in [3.05, 3.63) is 68.7 Å².